The van der Waals surface area contributed by atoms with Gasteiger partial charge in [0.05, 0.1) is 7.11 Å². The Labute approximate surface area is 116 Å². The Balaban J connectivity index is 2.12. The minimum absolute atomic E-state index is 0.261. The second-order valence-corrected chi connectivity index (χ2v) is 5.56. The number of hydrogen-bond donors (Lipinski definition) is 0. The first-order chi connectivity index (χ1) is 8.63. The molecular weight excluding hydrogens is 294 g/mol. The van der Waals surface area contributed by atoms with Crippen LogP contribution in [0.15, 0.2) is 22.7 Å². The molecule has 0 N–H and O–H groups in total. The topological polar surface area (TPSA) is 29.5 Å². The fourth-order valence-corrected chi connectivity index (χ4v) is 2.66. The van der Waals surface area contributed by atoms with Gasteiger partial charge >= 0.3 is 0 Å². The number of ether oxygens (including phenoxy) is 1. The molecule has 1 amide bonds. The van der Waals surface area contributed by atoms with E-state index in [1.54, 1.807) is 7.11 Å². The molecule has 3 nitrogen and oxygen atoms in total. The average molecular weight is 312 g/mol. The van der Waals surface area contributed by atoms with Gasteiger partial charge in [-0.25, -0.2) is 0 Å². The first kappa shape index (κ1) is 13.4. The van der Waals surface area contributed by atoms with E-state index in [1.807, 2.05) is 23.1 Å². The summed E-state index contributed by atoms with van der Waals surface area (Å²) in [6, 6.07) is 5.86. The summed E-state index contributed by atoms with van der Waals surface area (Å²) in [5.74, 6) is 1.60. The Morgan fingerprint density at radius 3 is 2.89 bits per heavy atom. The van der Waals surface area contributed by atoms with E-state index in [0.29, 0.717) is 18.9 Å². The normalized spacial score (nSPS) is 19.4. The molecule has 2 rings (SSSR count). The lowest BCUT2D eigenvalue weighted by Gasteiger charge is -2.18. The summed E-state index contributed by atoms with van der Waals surface area (Å²) in [7, 11) is 1.65. The third-order valence-corrected chi connectivity index (χ3v) is 4.26. The molecular formula is C14H18BrNO2. The van der Waals surface area contributed by atoms with Gasteiger partial charge in [0.1, 0.15) is 5.75 Å². The molecule has 0 aliphatic carbocycles. The van der Waals surface area contributed by atoms with E-state index in [4.69, 9.17) is 4.74 Å². The summed E-state index contributed by atoms with van der Waals surface area (Å²) >= 11 is 3.53. The highest BCUT2D eigenvalue weighted by Gasteiger charge is 2.28. The number of nitrogens with zero attached hydrogens (tertiary/aromatic N) is 1. The van der Waals surface area contributed by atoms with Crippen molar-refractivity contribution in [3.05, 3.63) is 28.2 Å². The summed E-state index contributed by atoms with van der Waals surface area (Å²) in [5.41, 5.74) is 1.10. The first-order valence-corrected chi connectivity index (χ1v) is 7.03. The lowest BCUT2D eigenvalue weighted by molar-refractivity contribution is -0.128. The number of amides is 1. The van der Waals surface area contributed by atoms with Crippen LogP contribution < -0.4 is 4.74 Å². The molecule has 1 fully saturated rings. The SMILES string of the molecule is CCC1CC(=O)N(Cc2cc(OC)ccc2Br)C1. The van der Waals surface area contributed by atoms with E-state index in [-0.39, 0.29) is 5.91 Å². The van der Waals surface area contributed by atoms with Crippen LogP contribution >= 0.6 is 15.9 Å². The highest BCUT2D eigenvalue weighted by Crippen LogP contribution is 2.27. The number of rotatable bonds is 4. The van der Waals surface area contributed by atoms with E-state index >= 15 is 0 Å². The molecule has 1 aromatic rings. The third kappa shape index (κ3) is 2.86. The highest BCUT2D eigenvalue weighted by atomic mass is 79.9. The van der Waals surface area contributed by atoms with Crippen LogP contribution in [-0.4, -0.2) is 24.5 Å². The molecule has 1 aliphatic heterocycles. The molecule has 0 spiro atoms. The smallest absolute Gasteiger partial charge is 0.223 e. The lowest BCUT2D eigenvalue weighted by Crippen LogP contribution is -2.24. The average Bonchev–Trinajstić information content (AvgIpc) is 2.73. The van der Waals surface area contributed by atoms with Crippen molar-refractivity contribution in [1.82, 2.24) is 4.90 Å². The quantitative estimate of drug-likeness (QED) is 0.854. The Morgan fingerprint density at radius 2 is 2.28 bits per heavy atom. The van der Waals surface area contributed by atoms with E-state index < -0.39 is 0 Å². The standard InChI is InChI=1S/C14H18BrNO2/c1-3-10-6-14(17)16(8-10)9-11-7-12(18-2)4-5-13(11)15/h4-5,7,10H,3,6,8-9H2,1-2H3. The van der Waals surface area contributed by atoms with Crippen molar-refractivity contribution >= 4 is 21.8 Å². The molecule has 0 aromatic heterocycles. The van der Waals surface area contributed by atoms with Crippen molar-refractivity contribution in [3.8, 4) is 5.75 Å². The molecule has 1 atom stereocenters. The molecule has 1 aliphatic rings. The number of benzene rings is 1. The van der Waals surface area contributed by atoms with Gasteiger partial charge in [-0.2, -0.15) is 0 Å². The maximum Gasteiger partial charge on any atom is 0.223 e. The second-order valence-electron chi connectivity index (χ2n) is 4.71. The van der Waals surface area contributed by atoms with Crippen molar-refractivity contribution in [3.63, 3.8) is 0 Å². The Bertz CT molecular complexity index is 447. The van der Waals surface area contributed by atoms with Gasteiger partial charge < -0.3 is 9.64 Å². The molecule has 0 radical (unpaired) electrons. The summed E-state index contributed by atoms with van der Waals surface area (Å²) < 4.78 is 6.24. The predicted molar refractivity (Wildman–Crippen MR) is 74.5 cm³/mol. The molecule has 98 valence electrons. The zero-order valence-corrected chi connectivity index (χ0v) is 12.4. The van der Waals surface area contributed by atoms with Gasteiger partial charge in [-0.1, -0.05) is 29.3 Å². The van der Waals surface area contributed by atoms with Crippen LogP contribution in [0.4, 0.5) is 0 Å². The molecule has 1 aromatic carbocycles. The van der Waals surface area contributed by atoms with Crippen LogP contribution in [0.5, 0.6) is 5.75 Å². The van der Waals surface area contributed by atoms with Crippen molar-refractivity contribution in [1.29, 1.82) is 0 Å². The van der Waals surface area contributed by atoms with Crippen molar-refractivity contribution in [2.24, 2.45) is 5.92 Å². The number of likely N-dealkylation sites (tertiary alicyclic amines) is 1. The largest absolute Gasteiger partial charge is 0.497 e. The summed E-state index contributed by atoms with van der Waals surface area (Å²) in [4.78, 5) is 13.8. The molecule has 0 saturated carbocycles. The van der Waals surface area contributed by atoms with Crippen LogP contribution in [0.25, 0.3) is 0 Å². The molecule has 0 bridgehead atoms. The summed E-state index contributed by atoms with van der Waals surface area (Å²) in [5, 5.41) is 0. The number of carbonyl (C=O) groups is 1. The van der Waals surface area contributed by atoms with Gasteiger partial charge in [-0.05, 0) is 29.7 Å². The molecule has 1 saturated heterocycles. The second kappa shape index (κ2) is 5.74. The minimum atomic E-state index is 0.261. The maximum atomic E-state index is 11.9. The molecule has 18 heavy (non-hydrogen) atoms. The van der Waals surface area contributed by atoms with Gasteiger partial charge in [-0.3, -0.25) is 4.79 Å². The van der Waals surface area contributed by atoms with Crippen molar-refractivity contribution in [2.75, 3.05) is 13.7 Å². The lowest BCUT2D eigenvalue weighted by atomic mass is 10.1. The van der Waals surface area contributed by atoms with Gasteiger partial charge in [0.25, 0.3) is 0 Å². The van der Waals surface area contributed by atoms with Gasteiger partial charge in [0.15, 0.2) is 0 Å². The molecule has 1 unspecified atom stereocenters. The van der Waals surface area contributed by atoms with E-state index in [2.05, 4.69) is 22.9 Å². The van der Waals surface area contributed by atoms with Gasteiger partial charge in [-0.15, -0.1) is 0 Å². The molecule has 1 heterocycles. The fraction of sp³-hybridized carbons (Fsp3) is 0.500. The van der Waals surface area contributed by atoms with E-state index in [1.165, 1.54) is 0 Å². The van der Waals surface area contributed by atoms with Crippen molar-refractivity contribution < 1.29 is 9.53 Å². The van der Waals surface area contributed by atoms with Crippen LogP contribution in [0.3, 0.4) is 0 Å². The number of methoxy groups -OCH3 is 1. The fourth-order valence-electron chi connectivity index (χ4n) is 2.29. The Hall–Kier alpha value is -1.03. The predicted octanol–water partition coefficient (Wildman–Crippen LogP) is 3.22. The highest BCUT2D eigenvalue weighted by molar-refractivity contribution is 9.10. The third-order valence-electron chi connectivity index (χ3n) is 3.49. The van der Waals surface area contributed by atoms with E-state index in [0.717, 1.165) is 28.8 Å². The zero-order valence-electron chi connectivity index (χ0n) is 10.8. The first-order valence-electron chi connectivity index (χ1n) is 6.24. The number of halogens is 1. The minimum Gasteiger partial charge on any atom is -0.497 e. The van der Waals surface area contributed by atoms with Crippen LogP contribution in [0.2, 0.25) is 0 Å². The number of carbonyl (C=O) groups excluding carboxylic acids is 1. The van der Waals surface area contributed by atoms with Gasteiger partial charge in [0, 0.05) is 24.0 Å². The maximum absolute atomic E-state index is 11.9. The Morgan fingerprint density at radius 1 is 1.50 bits per heavy atom. The summed E-state index contributed by atoms with van der Waals surface area (Å²) in [6.45, 7) is 3.68. The monoisotopic (exact) mass is 311 g/mol. The number of hydrogen-bond acceptors (Lipinski definition) is 2. The van der Waals surface area contributed by atoms with E-state index in [9.17, 15) is 4.79 Å². The summed E-state index contributed by atoms with van der Waals surface area (Å²) in [6.07, 6.45) is 1.76. The Kier molecular flexibility index (Phi) is 4.27. The van der Waals surface area contributed by atoms with Gasteiger partial charge in [0.2, 0.25) is 5.91 Å². The molecule has 4 heteroatoms. The zero-order chi connectivity index (χ0) is 13.1. The van der Waals surface area contributed by atoms with Crippen LogP contribution in [0, 0.1) is 5.92 Å². The van der Waals surface area contributed by atoms with Crippen LogP contribution in [-0.2, 0) is 11.3 Å². The van der Waals surface area contributed by atoms with Crippen LogP contribution in [0.1, 0.15) is 25.3 Å². The van der Waals surface area contributed by atoms with Crippen molar-refractivity contribution in [2.45, 2.75) is 26.3 Å².